The van der Waals surface area contributed by atoms with E-state index in [9.17, 15) is 9.59 Å². The highest BCUT2D eigenvalue weighted by Gasteiger charge is 2.18. The van der Waals surface area contributed by atoms with Crippen molar-refractivity contribution in [3.05, 3.63) is 53.8 Å². The van der Waals surface area contributed by atoms with Crippen LogP contribution in [0, 0.1) is 0 Å². The molecule has 0 radical (unpaired) electrons. The summed E-state index contributed by atoms with van der Waals surface area (Å²) in [6, 6.07) is 12.4. The summed E-state index contributed by atoms with van der Waals surface area (Å²) in [4.78, 5) is 22.5. The zero-order chi connectivity index (χ0) is 14.8. The molecule has 0 bridgehead atoms. The Morgan fingerprint density at radius 3 is 2.57 bits per heavy atom. The van der Waals surface area contributed by atoms with Crippen molar-refractivity contribution in [2.75, 3.05) is 7.11 Å². The lowest BCUT2D eigenvalue weighted by Crippen LogP contribution is -1.89. The summed E-state index contributed by atoms with van der Waals surface area (Å²) >= 11 is 0. The van der Waals surface area contributed by atoms with E-state index in [0.717, 1.165) is 11.7 Å². The minimum Gasteiger partial charge on any atom is -0.497 e. The largest absolute Gasteiger partial charge is 0.497 e. The average molecular weight is 280 g/mol. The average Bonchev–Trinajstić information content (AvgIpc) is 2.92. The molecule has 0 aliphatic carbocycles. The van der Waals surface area contributed by atoms with Crippen LogP contribution < -0.4 is 4.74 Å². The highest BCUT2D eigenvalue weighted by atomic mass is 16.5. The SMILES string of the molecule is COc1ccc2oc(C=O)c(-c3ccccc3C=O)c2c1. The van der Waals surface area contributed by atoms with E-state index in [0.29, 0.717) is 34.3 Å². The fraction of sp³-hybridized carbons (Fsp3) is 0.0588. The summed E-state index contributed by atoms with van der Waals surface area (Å²) in [6.07, 6.45) is 1.42. The topological polar surface area (TPSA) is 56.5 Å². The van der Waals surface area contributed by atoms with Gasteiger partial charge < -0.3 is 9.15 Å². The number of rotatable bonds is 4. The van der Waals surface area contributed by atoms with Crippen molar-refractivity contribution in [1.29, 1.82) is 0 Å². The van der Waals surface area contributed by atoms with Gasteiger partial charge >= 0.3 is 0 Å². The van der Waals surface area contributed by atoms with E-state index in [2.05, 4.69) is 0 Å². The van der Waals surface area contributed by atoms with Gasteiger partial charge in [0.2, 0.25) is 0 Å². The van der Waals surface area contributed by atoms with E-state index in [-0.39, 0.29) is 5.76 Å². The first-order valence-electron chi connectivity index (χ1n) is 6.38. The van der Waals surface area contributed by atoms with Crippen LogP contribution in [0.3, 0.4) is 0 Å². The maximum absolute atomic E-state index is 11.3. The smallest absolute Gasteiger partial charge is 0.186 e. The van der Waals surface area contributed by atoms with Crippen LogP contribution in [0.2, 0.25) is 0 Å². The number of hydrogen-bond acceptors (Lipinski definition) is 4. The summed E-state index contributed by atoms with van der Waals surface area (Å²) in [6.45, 7) is 0. The van der Waals surface area contributed by atoms with Gasteiger partial charge in [-0.15, -0.1) is 0 Å². The van der Waals surface area contributed by atoms with Gasteiger partial charge in [0.25, 0.3) is 0 Å². The summed E-state index contributed by atoms with van der Waals surface area (Å²) in [7, 11) is 1.57. The Morgan fingerprint density at radius 1 is 1.05 bits per heavy atom. The van der Waals surface area contributed by atoms with Gasteiger partial charge in [-0.1, -0.05) is 24.3 Å². The van der Waals surface area contributed by atoms with Crippen molar-refractivity contribution < 1.29 is 18.7 Å². The summed E-state index contributed by atoms with van der Waals surface area (Å²) in [5.74, 6) is 0.859. The first-order chi connectivity index (χ1) is 10.3. The van der Waals surface area contributed by atoms with Crippen LogP contribution in [0.4, 0.5) is 0 Å². The van der Waals surface area contributed by atoms with Crippen molar-refractivity contribution >= 4 is 23.5 Å². The zero-order valence-electron chi connectivity index (χ0n) is 11.3. The normalized spacial score (nSPS) is 10.5. The second-order valence-electron chi connectivity index (χ2n) is 4.53. The molecule has 0 saturated heterocycles. The van der Waals surface area contributed by atoms with E-state index in [1.165, 1.54) is 0 Å². The van der Waals surface area contributed by atoms with Crippen molar-refractivity contribution in [1.82, 2.24) is 0 Å². The zero-order valence-corrected chi connectivity index (χ0v) is 11.3. The van der Waals surface area contributed by atoms with Gasteiger partial charge in [-0.2, -0.15) is 0 Å². The molecule has 0 fully saturated rings. The molecule has 104 valence electrons. The predicted molar refractivity (Wildman–Crippen MR) is 79.0 cm³/mol. The lowest BCUT2D eigenvalue weighted by molar-refractivity contribution is 0.109. The van der Waals surface area contributed by atoms with Gasteiger partial charge in [-0.3, -0.25) is 9.59 Å². The van der Waals surface area contributed by atoms with Crippen molar-refractivity contribution in [3.63, 3.8) is 0 Å². The Bertz CT molecular complexity index is 830. The summed E-state index contributed by atoms with van der Waals surface area (Å²) < 4.78 is 10.8. The molecule has 3 aromatic rings. The quantitative estimate of drug-likeness (QED) is 0.683. The van der Waals surface area contributed by atoms with Gasteiger partial charge in [0.15, 0.2) is 18.3 Å². The van der Waals surface area contributed by atoms with E-state index < -0.39 is 0 Å². The van der Waals surface area contributed by atoms with Gasteiger partial charge in [-0.05, 0) is 23.8 Å². The summed E-state index contributed by atoms with van der Waals surface area (Å²) in [5.41, 5.74) is 2.36. The Balaban J connectivity index is 2.38. The van der Waals surface area contributed by atoms with Crippen LogP contribution >= 0.6 is 0 Å². The van der Waals surface area contributed by atoms with Crippen molar-refractivity contribution in [2.24, 2.45) is 0 Å². The van der Waals surface area contributed by atoms with Crippen LogP contribution in [0.1, 0.15) is 20.9 Å². The third-order valence-electron chi connectivity index (χ3n) is 3.39. The van der Waals surface area contributed by atoms with Crippen LogP contribution in [-0.2, 0) is 0 Å². The molecule has 0 spiro atoms. The third-order valence-corrected chi connectivity index (χ3v) is 3.39. The lowest BCUT2D eigenvalue weighted by atomic mass is 9.97. The molecule has 0 atom stereocenters. The second kappa shape index (κ2) is 5.25. The standard InChI is InChI=1S/C17H12O4/c1-20-12-6-7-15-14(8-12)17(16(10-19)21-15)13-5-3-2-4-11(13)9-18/h2-10H,1H3. The lowest BCUT2D eigenvalue weighted by Gasteiger charge is -2.04. The minimum absolute atomic E-state index is 0.201. The van der Waals surface area contributed by atoms with Gasteiger partial charge in [0.1, 0.15) is 11.3 Å². The predicted octanol–water partition coefficient (Wildman–Crippen LogP) is 3.73. The molecule has 1 heterocycles. The van der Waals surface area contributed by atoms with Crippen molar-refractivity contribution in [3.8, 4) is 16.9 Å². The molecule has 0 aliphatic rings. The third kappa shape index (κ3) is 2.10. The Morgan fingerprint density at radius 2 is 1.86 bits per heavy atom. The molecule has 2 aromatic carbocycles. The monoisotopic (exact) mass is 280 g/mol. The number of carbonyl (C=O) groups excluding carboxylic acids is 2. The molecule has 3 rings (SSSR count). The van der Waals surface area contributed by atoms with Crippen LogP contribution in [0.15, 0.2) is 46.9 Å². The molecule has 0 aliphatic heterocycles. The van der Waals surface area contributed by atoms with Gasteiger partial charge in [0.05, 0.1) is 7.11 Å². The van der Waals surface area contributed by atoms with Crippen molar-refractivity contribution in [2.45, 2.75) is 0 Å². The maximum atomic E-state index is 11.3. The number of fused-ring (bicyclic) bond motifs is 1. The number of methoxy groups -OCH3 is 1. The summed E-state index contributed by atoms with van der Waals surface area (Å²) in [5, 5.41) is 0.741. The Labute approximate surface area is 120 Å². The number of ether oxygens (including phenoxy) is 1. The van der Waals surface area contributed by atoms with Gasteiger partial charge in [-0.25, -0.2) is 0 Å². The maximum Gasteiger partial charge on any atom is 0.186 e. The van der Waals surface area contributed by atoms with E-state index in [1.807, 2.05) is 6.07 Å². The molecule has 21 heavy (non-hydrogen) atoms. The number of benzene rings is 2. The molecule has 0 saturated carbocycles. The Hall–Kier alpha value is -2.88. The Kier molecular flexibility index (Phi) is 3.28. The number of furan rings is 1. The van der Waals surface area contributed by atoms with Crippen LogP contribution in [0.25, 0.3) is 22.1 Å². The minimum atomic E-state index is 0.201. The first kappa shape index (κ1) is 13.1. The van der Waals surface area contributed by atoms with E-state index in [1.54, 1.807) is 43.5 Å². The molecular weight excluding hydrogens is 268 g/mol. The van der Waals surface area contributed by atoms with E-state index >= 15 is 0 Å². The fourth-order valence-corrected chi connectivity index (χ4v) is 2.41. The first-order valence-corrected chi connectivity index (χ1v) is 6.38. The molecule has 0 amide bonds. The van der Waals surface area contributed by atoms with E-state index in [4.69, 9.17) is 9.15 Å². The second-order valence-corrected chi connectivity index (χ2v) is 4.53. The van der Waals surface area contributed by atoms with Gasteiger partial charge in [0, 0.05) is 16.5 Å². The number of aldehydes is 2. The molecule has 4 nitrogen and oxygen atoms in total. The molecular formula is C17H12O4. The molecule has 0 N–H and O–H groups in total. The van der Waals surface area contributed by atoms with Crippen LogP contribution in [-0.4, -0.2) is 19.7 Å². The molecule has 4 heteroatoms. The highest BCUT2D eigenvalue weighted by Crippen LogP contribution is 2.37. The fourth-order valence-electron chi connectivity index (χ4n) is 2.41. The highest BCUT2D eigenvalue weighted by molar-refractivity contribution is 6.05. The number of carbonyl (C=O) groups is 2. The van der Waals surface area contributed by atoms with Crippen LogP contribution in [0.5, 0.6) is 5.75 Å². The molecule has 1 aromatic heterocycles. The number of hydrogen-bond donors (Lipinski definition) is 0. The molecule has 0 unspecified atom stereocenters.